The van der Waals surface area contributed by atoms with E-state index in [0.717, 1.165) is 6.08 Å². The highest BCUT2D eigenvalue weighted by Crippen LogP contribution is 2.24. The van der Waals surface area contributed by atoms with Crippen molar-refractivity contribution in [3.05, 3.63) is 52.6 Å². The molecule has 8 nitrogen and oxygen atoms in total. The van der Waals surface area contributed by atoms with Crippen LogP contribution in [-0.4, -0.2) is 33.5 Å². The second-order valence-corrected chi connectivity index (χ2v) is 5.62. The summed E-state index contributed by atoms with van der Waals surface area (Å²) in [6.45, 7) is 1.67. The Balaban J connectivity index is 2.23. The average molecular weight is 380 g/mol. The number of halogens is 2. The number of nitrogens with zero attached hydrogens (tertiary/aromatic N) is 2. The Hall–Kier alpha value is -3.20. The van der Waals surface area contributed by atoms with E-state index >= 15 is 0 Å². The first-order valence-corrected chi connectivity index (χ1v) is 7.66. The van der Waals surface area contributed by atoms with E-state index in [1.54, 1.807) is 6.92 Å². The van der Waals surface area contributed by atoms with Gasteiger partial charge in [0.25, 0.3) is 0 Å². The molecule has 0 aliphatic rings. The van der Waals surface area contributed by atoms with E-state index in [2.05, 4.69) is 10.4 Å². The molecular formula is C16H15ClFN5O3. The number of rotatable bonds is 6. The maximum Gasteiger partial charge on any atom is 0.249 e. The third kappa shape index (κ3) is 4.25. The SMILES string of the molecule is Cc1nn(-c2ccc(F)cc2)c(Cl)c1/C=C/C(=O)NC(C(N)=O)C(N)=O. The molecule has 0 fully saturated rings. The molecule has 3 amide bonds. The van der Waals surface area contributed by atoms with Crippen LogP contribution in [0.1, 0.15) is 11.3 Å². The average Bonchev–Trinajstić information content (AvgIpc) is 2.85. The van der Waals surface area contributed by atoms with Gasteiger partial charge >= 0.3 is 0 Å². The maximum absolute atomic E-state index is 13.0. The summed E-state index contributed by atoms with van der Waals surface area (Å²) < 4.78 is 14.4. The minimum Gasteiger partial charge on any atom is -0.367 e. The number of hydrogen-bond acceptors (Lipinski definition) is 4. The minimum absolute atomic E-state index is 0.194. The molecule has 1 aromatic heterocycles. The molecule has 0 unspecified atom stereocenters. The molecule has 0 saturated carbocycles. The molecule has 0 aliphatic heterocycles. The topological polar surface area (TPSA) is 133 Å². The van der Waals surface area contributed by atoms with Crippen molar-refractivity contribution >= 4 is 35.4 Å². The number of carbonyl (C=O) groups excluding carboxylic acids is 3. The fourth-order valence-corrected chi connectivity index (χ4v) is 2.42. The van der Waals surface area contributed by atoms with Gasteiger partial charge in [-0.2, -0.15) is 5.10 Å². The standard InChI is InChI=1S/C16H15ClFN5O3/c1-8-11(6-7-12(24)21-13(15(19)25)16(20)26)14(17)23(22-8)10-4-2-9(18)3-5-10/h2-7,13H,1H3,(H2,19,25)(H2,20,26)(H,21,24)/b7-6+. The largest absolute Gasteiger partial charge is 0.367 e. The maximum atomic E-state index is 13.0. The number of amides is 3. The molecule has 1 aromatic carbocycles. The zero-order valence-electron chi connectivity index (χ0n) is 13.6. The van der Waals surface area contributed by atoms with Gasteiger partial charge in [-0.25, -0.2) is 9.07 Å². The molecule has 0 bridgehead atoms. The van der Waals surface area contributed by atoms with Gasteiger partial charge in [0.15, 0.2) is 6.04 Å². The van der Waals surface area contributed by atoms with Crippen LogP contribution in [0.5, 0.6) is 0 Å². The summed E-state index contributed by atoms with van der Waals surface area (Å²) in [6, 6.07) is 3.90. The van der Waals surface area contributed by atoms with Crippen molar-refractivity contribution in [2.75, 3.05) is 0 Å². The summed E-state index contributed by atoms with van der Waals surface area (Å²) in [4.78, 5) is 34.0. The van der Waals surface area contributed by atoms with Crippen LogP contribution < -0.4 is 16.8 Å². The van der Waals surface area contributed by atoms with E-state index in [0.29, 0.717) is 16.9 Å². The molecule has 0 spiro atoms. The molecule has 0 radical (unpaired) electrons. The van der Waals surface area contributed by atoms with Crippen molar-refractivity contribution in [3.63, 3.8) is 0 Å². The smallest absolute Gasteiger partial charge is 0.249 e. The quantitative estimate of drug-likeness (QED) is 0.496. The third-order valence-corrected chi connectivity index (χ3v) is 3.74. The summed E-state index contributed by atoms with van der Waals surface area (Å²) in [6.07, 6.45) is 2.42. The molecule has 26 heavy (non-hydrogen) atoms. The van der Waals surface area contributed by atoms with Crippen molar-refractivity contribution in [1.82, 2.24) is 15.1 Å². The highest BCUT2D eigenvalue weighted by Gasteiger charge is 2.23. The number of carbonyl (C=O) groups is 3. The van der Waals surface area contributed by atoms with E-state index < -0.39 is 29.6 Å². The molecule has 0 aliphatic carbocycles. The number of aryl methyl sites for hydroxylation is 1. The van der Waals surface area contributed by atoms with Gasteiger partial charge in [0.2, 0.25) is 17.7 Å². The predicted molar refractivity (Wildman–Crippen MR) is 92.6 cm³/mol. The number of nitrogens with two attached hydrogens (primary N) is 2. The van der Waals surface area contributed by atoms with Crippen molar-refractivity contribution in [2.45, 2.75) is 13.0 Å². The first-order chi connectivity index (χ1) is 12.2. The van der Waals surface area contributed by atoms with Crippen LogP contribution in [0.15, 0.2) is 30.3 Å². The number of primary amides is 2. The lowest BCUT2D eigenvalue weighted by Crippen LogP contribution is -2.52. The van der Waals surface area contributed by atoms with Crippen molar-refractivity contribution < 1.29 is 18.8 Å². The summed E-state index contributed by atoms with van der Waals surface area (Å²) in [5.41, 5.74) is 11.4. The lowest BCUT2D eigenvalue weighted by atomic mass is 10.2. The zero-order valence-corrected chi connectivity index (χ0v) is 14.3. The van der Waals surface area contributed by atoms with Crippen molar-refractivity contribution in [3.8, 4) is 5.69 Å². The fraction of sp³-hybridized carbons (Fsp3) is 0.125. The molecule has 2 rings (SSSR count). The lowest BCUT2D eigenvalue weighted by molar-refractivity contribution is -0.132. The second-order valence-electron chi connectivity index (χ2n) is 5.26. The van der Waals surface area contributed by atoms with Gasteiger partial charge in [0.05, 0.1) is 11.4 Å². The molecule has 2 aromatic rings. The Morgan fingerprint density at radius 2 is 1.81 bits per heavy atom. The van der Waals surface area contributed by atoms with Crippen LogP contribution >= 0.6 is 11.6 Å². The Morgan fingerprint density at radius 3 is 2.35 bits per heavy atom. The highest BCUT2D eigenvalue weighted by atomic mass is 35.5. The molecule has 5 N–H and O–H groups in total. The van der Waals surface area contributed by atoms with Gasteiger partial charge in [-0.05, 0) is 37.3 Å². The van der Waals surface area contributed by atoms with Crippen LogP contribution in [0.4, 0.5) is 4.39 Å². The van der Waals surface area contributed by atoms with Gasteiger partial charge in [-0.3, -0.25) is 14.4 Å². The second kappa shape index (κ2) is 7.79. The third-order valence-electron chi connectivity index (χ3n) is 3.38. The summed E-state index contributed by atoms with van der Waals surface area (Å²) >= 11 is 6.27. The van der Waals surface area contributed by atoms with Gasteiger partial charge in [0.1, 0.15) is 11.0 Å². The van der Waals surface area contributed by atoms with E-state index in [4.69, 9.17) is 23.1 Å². The van der Waals surface area contributed by atoms with Crippen LogP contribution in [0.3, 0.4) is 0 Å². The fourth-order valence-electron chi connectivity index (χ4n) is 2.09. The van der Waals surface area contributed by atoms with E-state index in [-0.39, 0.29) is 5.15 Å². The van der Waals surface area contributed by atoms with Crippen molar-refractivity contribution in [1.29, 1.82) is 0 Å². The number of nitrogens with one attached hydrogen (secondary N) is 1. The minimum atomic E-state index is -1.62. The monoisotopic (exact) mass is 379 g/mol. The zero-order chi connectivity index (χ0) is 19.4. The number of aromatic nitrogens is 2. The van der Waals surface area contributed by atoms with Crippen LogP contribution in [0.2, 0.25) is 5.15 Å². The number of benzene rings is 1. The molecule has 0 atom stereocenters. The van der Waals surface area contributed by atoms with E-state index in [1.165, 1.54) is 35.0 Å². The Bertz CT molecular complexity index is 878. The summed E-state index contributed by atoms with van der Waals surface area (Å²) in [5.74, 6) is -3.31. The summed E-state index contributed by atoms with van der Waals surface area (Å²) in [5, 5.41) is 6.51. The molecule has 136 valence electrons. The molecule has 10 heteroatoms. The van der Waals surface area contributed by atoms with Gasteiger partial charge < -0.3 is 16.8 Å². The van der Waals surface area contributed by atoms with Gasteiger partial charge in [0, 0.05) is 11.6 Å². The highest BCUT2D eigenvalue weighted by molar-refractivity contribution is 6.31. The van der Waals surface area contributed by atoms with Crippen LogP contribution in [0, 0.1) is 12.7 Å². The van der Waals surface area contributed by atoms with Gasteiger partial charge in [-0.1, -0.05) is 11.6 Å². The van der Waals surface area contributed by atoms with Crippen LogP contribution in [0.25, 0.3) is 11.8 Å². The number of hydrogen-bond donors (Lipinski definition) is 3. The Morgan fingerprint density at radius 1 is 1.23 bits per heavy atom. The first-order valence-electron chi connectivity index (χ1n) is 7.29. The normalized spacial score (nSPS) is 11.1. The Kier molecular flexibility index (Phi) is 5.73. The predicted octanol–water partition coefficient (Wildman–Crippen LogP) is 0.442. The Labute approximate surface area is 152 Å². The summed E-state index contributed by atoms with van der Waals surface area (Å²) in [7, 11) is 0. The first kappa shape index (κ1) is 19.1. The van der Waals surface area contributed by atoms with Gasteiger partial charge in [-0.15, -0.1) is 0 Å². The molecular weight excluding hydrogens is 365 g/mol. The lowest BCUT2D eigenvalue weighted by Gasteiger charge is -2.09. The van der Waals surface area contributed by atoms with Crippen LogP contribution in [-0.2, 0) is 14.4 Å². The van der Waals surface area contributed by atoms with Crippen molar-refractivity contribution in [2.24, 2.45) is 11.5 Å². The van der Waals surface area contributed by atoms with E-state index in [9.17, 15) is 18.8 Å². The van der Waals surface area contributed by atoms with E-state index in [1.807, 2.05) is 0 Å². The molecule has 0 saturated heterocycles. The molecule has 1 heterocycles.